The zero-order valence-corrected chi connectivity index (χ0v) is 13.3. The average molecular weight is 297 g/mol. The molecule has 20 heavy (non-hydrogen) atoms. The minimum absolute atomic E-state index is 0.254. The summed E-state index contributed by atoms with van der Waals surface area (Å²) < 4.78 is 6.95. The summed E-state index contributed by atoms with van der Waals surface area (Å²) in [4.78, 5) is 20.6. The van der Waals surface area contributed by atoms with Gasteiger partial charge in [-0.1, -0.05) is 0 Å². The van der Waals surface area contributed by atoms with Crippen molar-refractivity contribution in [1.29, 1.82) is 0 Å². The Morgan fingerprint density at radius 1 is 1.25 bits per heavy atom. The van der Waals surface area contributed by atoms with E-state index in [4.69, 9.17) is 4.52 Å². The van der Waals surface area contributed by atoms with Gasteiger partial charge in [0.2, 0.25) is 0 Å². The van der Waals surface area contributed by atoms with Crippen molar-refractivity contribution >= 4 is 24.2 Å². The van der Waals surface area contributed by atoms with Gasteiger partial charge in [0.25, 0.3) is 0 Å². The second kappa shape index (κ2) is 5.34. The predicted molar refractivity (Wildman–Crippen MR) is 80.9 cm³/mol. The van der Waals surface area contributed by atoms with Crippen LogP contribution in [-0.2, 0) is 10.1 Å². The first-order valence-corrected chi connectivity index (χ1v) is 8.47. The van der Waals surface area contributed by atoms with Gasteiger partial charge in [0, 0.05) is 0 Å². The molecule has 0 atom stereocenters. The molecule has 2 aromatic rings. The number of rotatable bonds is 3. The molecule has 0 unspecified atom stereocenters. The fraction of sp³-hybridized carbons (Fsp3) is 0.429. The van der Waals surface area contributed by atoms with Crippen molar-refractivity contribution in [3.63, 3.8) is 0 Å². The van der Waals surface area contributed by atoms with Crippen molar-refractivity contribution in [1.82, 2.24) is 5.10 Å². The predicted octanol–water partition coefficient (Wildman–Crippen LogP) is 1.42. The van der Waals surface area contributed by atoms with Crippen molar-refractivity contribution < 1.29 is 19.0 Å². The molecule has 0 amide bonds. The molecule has 1 aromatic heterocycles. The van der Waals surface area contributed by atoms with E-state index in [1.807, 2.05) is 45.0 Å². The summed E-state index contributed by atoms with van der Waals surface area (Å²) >= 11 is 0. The molecule has 1 heterocycles. The zero-order valence-electron chi connectivity index (χ0n) is 12.3. The number of aromatic nitrogens is 2. The van der Waals surface area contributed by atoms with Gasteiger partial charge in [-0.2, -0.15) is 0 Å². The van der Waals surface area contributed by atoms with Gasteiger partial charge in [-0.3, -0.25) is 0 Å². The molecule has 2 N–H and O–H groups in total. The van der Waals surface area contributed by atoms with E-state index >= 15 is 0 Å². The normalized spacial score (nSPS) is 13.7. The Labute approximate surface area is 119 Å². The molecule has 0 fully saturated rings. The van der Waals surface area contributed by atoms with Crippen LogP contribution in [0.25, 0.3) is 10.9 Å². The number of fused-ring (bicyclic) bond motifs is 1. The monoisotopic (exact) mass is 297 g/mol. The van der Waals surface area contributed by atoms with Gasteiger partial charge in [0.05, 0.1) is 0 Å². The third kappa shape index (κ3) is 2.96. The summed E-state index contributed by atoms with van der Waals surface area (Å²) in [5.74, 6) is 0. The topological polar surface area (TPSA) is 66.5 Å². The maximum absolute atomic E-state index is 10.3. The standard InChI is InChI=1S/C14H22N2O3P/c1-5-19-20(17,18)13-10-16(14(2,3)4)15-12-9-7-6-8-11(12)13/h6-10,17-18,20H,5H2,1-4H3/q+1. The van der Waals surface area contributed by atoms with Crippen molar-refractivity contribution in [3.8, 4) is 0 Å². The van der Waals surface area contributed by atoms with Crippen molar-refractivity contribution in [2.75, 3.05) is 6.61 Å². The van der Waals surface area contributed by atoms with E-state index in [2.05, 4.69) is 5.10 Å². The van der Waals surface area contributed by atoms with E-state index in [1.54, 1.807) is 17.8 Å². The summed E-state index contributed by atoms with van der Waals surface area (Å²) in [5.41, 5.74) is 0.467. The van der Waals surface area contributed by atoms with Crippen LogP contribution in [0.5, 0.6) is 0 Å². The zero-order chi connectivity index (χ0) is 15.0. The first kappa shape index (κ1) is 15.3. The molecule has 0 saturated carbocycles. The molecule has 0 spiro atoms. The number of hydrogen-bond acceptors (Lipinski definition) is 4. The van der Waals surface area contributed by atoms with Crippen LogP contribution in [0.15, 0.2) is 30.5 Å². The fourth-order valence-electron chi connectivity index (χ4n) is 2.01. The molecule has 1 aromatic carbocycles. The van der Waals surface area contributed by atoms with Gasteiger partial charge in [0.1, 0.15) is 0 Å². The van der Waals surface area contributed by atoms with Crippen LogP contribution in [0.4, 0.5) is 0 Å². The Morgan fingerprint density at radius 3 is 2.50 bits per heavy atom. The molecular formula is C14H22N2O3P+. The maximum atomic E-state index is 10.3. The summed E-state index contributed by atoms with van der Waals surface area (Å²) in [7, 11) is -3.91. The Kier molecular flexibility index (Phi) is 4.07. The second-order valence-corrected chi connectivity index (χ2v) is 7.76. The van der Waals surface area contributed by atoms with Crippen LogP contribution >= 0.6 is 7.94 Å². The molecule has 6 heteroatoms. The van der Waals surface area contributed by atoms with E-state index in [1.165, 1.54) is 0 Å². The number of nitrogens with zero attached hydrogens (tertiary/aromatic N) is 2. The summed E-state index contributed by atoms with van der Waals surface area (Å²) in [6, 6.07) is 7.42. The first-order chi connectivity index (χ1) is 9.25. The molecule has 2 rings (SSSR count). The van der Waals surface area contributed by atoms with Gasteiger partial charge in [0.15, 0.2) is 0 Å². The minimum atomic E-state index is -3.91. The second-order valence-electron chi connectivity index (χ2n) is 5.72. The molecule has 0 aliphatic rings. The quantitative estimate of drug-likeness (QED) is 0.664. The summed E-state index contributed by atoms with van der Waals surface area (Å²) in [6.07, 6.45) is 1.68. The van der Waals surface area contributed by atoms with E-state index in [0.29, 0.717) is 5.30 Å². The van der Waals surface area contributed by atoms with E-state index < -0.39 is 7.94 Å². The average Bonchev–Trinajstić information content (AvgIpc) is 2.36. The molecule has 0 radical (unpaired) electrons. The Bertz CT molecular complexity index is 623. The van der Waals surface area contributed by atoms with Crippen molar-refractivity contribution in [2.45, 2.75) is 33.2 Å². The third-order valence-corrected chi connectivity index (χ3v) is 4.84. The number of benzene rings is 1. The van der Waals surface area contributed by atoms with E-state index in [9.17, 15) is 9.79 Å². The molecule has 0 saturated heterocycles. The Hall–Kier alpha value is -1.13. The van der Waals surface area contributed by atoms with Gasteiger partial charge < -0.3 is 0 Å². The van der Waals surface area contributed by atoms with Crippen LogP contribution in [0.3, 0.4) is 0 Å². The molecule has 0 aliphatic carbocycles. The Balaban J connectivity index is 2.74. The summed E-state index contributed by atoms with van der Waals surface area (Å²) in [5, 5.41) is 5.69. The van der Waals surface area contributed by atoms with Crippen LogP contribution in [0, 0.1) is 0 Å². The fourth-order valence-corrected chi connectivity index (χ4v) is 3.42. The first-order valence-electron chi connectivity index (χ1n) is 6.67. The van der Waals surface area contributed by atoms with Crippen LogP contribution in [0.2, 0.25) is 0 Å². The molecular weight excluding hydrogens is 275 g/mol. The van der Waals surface area contributed by atoms with Gasteiger partial charge in [-0.15, -0.1) is 0 Å². The van der Waals surface area contributed by atoms with Gasteiger partial charge in [-0.05, 0) is 0 Å². The van der Waals surface area contributed by atoms with Crippen molar-refractivity contribution in [3.05, 3.63) is 30.5 Å². The number of hydrogen-bond donors (Lipinski definition) is 2. The SMILES string of the molecule is CCO[PH](O)(O)c1c[n+](C(C)(C)C)nc2ccccc12. The van der Waals surface area contributed by atoms with Crippen LogP contribution in [-0.4, -0.2) is 21.5 Å². The molecule has 0 bridgehead atoms. The van der Waals surface area contributed by atoms with Gasteiger partial charge >= 0.3 is 119 Å². The van der Waals surface area contributed by atoms with Crippen LogP contribution < -0.4 is 9.99 Å². The van der Waals surface area contributed by atoms with E-state index in [-0.39, 0.29) is 12.1 Å². The van der Waals surface area contributed by atoms with Gasteiger partial charge in [-0.25, -0.2) is 0 Å². The molecule has 5 nitrogen and oxygen atoms in total. The van der Waals surface area contributed by atoms with Crippen molar-refractivity contribution in [2.24, 2.45) is 0 Å². The third-order valence-electron chi connectivity index (χ3n) is 3.04. The Morgan fingerprint density at radius 2 is 1.90 bits per heavy atom. The summed E-state index contributed by atoms with van der Waals surface area (Å²) in [6.45, 7) is 8.03. The molecule has 0 aliphatic heterocycles. The van der Waals surface area contributed by atoms with Crippen LogP contribution in [0.1, 0.15) is 27.7 Å². The molecule has 110 valence electrons. The van der Waals surface area contributed by atoms with E-state index in [0.717, 1.165) is 10.9 Å².